The van der Waals surface area contributed by atoms with Crippen molar-refractivity contribution in [3.8, 4) is 0 Å². The second kappa shape index (κ2) is 13.5. The number of amides is 1. The number of hydrogen-bond acceptors (Lipinski definition) is 11. The van der Waals surface area contributed by atoms with Crippen molar-refractivity contribution >= 4 is 23.6 Å². The summed E-state index contributed by atoms with van der Waals surface area (Å²) < 4.78 is 31.1. The van der Waals surface area contributed by atoms with Gasteiger partial charge in [-0.15, -0.1) is 0 Å². The van der Waals surface area contributed by atoms with E-state index in [9.17, 15) is 19.5 Å². The smallest absolute Gasteiger partial charge is 0.410 e. The van der Waals surface area contributed by atoms with Gasteiger partial charge in [0.2, 0.25) is 0 Å². The number of cyclic esters (lactones) is 1. The second-order valence-electron chi connectivity index (χ2n) is 14.3. The zero-order valence-electron chi connectivity index (χ0n) is 28.9. The molecule has 12 nitrogen and oxygen atoms in total. The maximum absolute atomic E-state index is 14.1. The Hall–Kier alpha value is -2.12. The highest BCUT2D eigenvalue weighted by molar-refractivity contribution is 6.00. The minimum absolute atomic E-state index is 0.146. The molecule has 0 aromatic carbocycles. The van der Waals surface area contributed by atoms with Crippen LogP contribution in [0.1, 0.15) is 74.7 Å². The third-order valence-electron chi connectivity index (χ3n) is 10.8. The van der Waals surface area contributed by atoms with Crippen LogP contribution in [-0.2, 0) is 33.3 Å². The summed E-state index contributed by atoms with van der Waals surface area (Å²) in [4.78, 5) is 49.6. The van der Waals surface area contributed by atoms with Gasteiger partial charge in [0.15, 0.2) is 17.7 Å². The number of likely N-dealkylation sites (N-methyl/N-ethyl adjacent to an activating group) is 1. The van der Waals surface area contributed by atoms with Crippen molar-refractivity contribution in [3.63, 3.8) is 0 Å². The average Bonchev–Trinajstić information content (AvgIpc) is 3.11. The first-order valence-electron chi connectivity index (χ1n) is 16.5. The second-order valence-corrected chi connectivity index (χ2v) is 14.3. The van der Waals surface area contributed by atoms with E-state index in [1.807, 2.05) is 53.6 Å². The van der Waals surface area contributed by atoms with Crippen LogP contribution in [0.3, 0.4) is 0 Å². The van der Waals surface area contributed by atoms with Gasteiger partial charge in [0.05, 0.1) is 30.4 Å². The van der Waals surface area contributed by atoms with Gasteiger partial charge in [-0.1, -0.05) is 27.7 Å². The van der Waals surface area contributed by atoms with E-state index in [0.29, 0.717) is 32.4 Å². The van der Waals surface area contributed by atoms with E-state index in [1.54, 1.807) is 18.9 Å². The Kier molecular flexibility index (Phi) is 10.8. The van der Waals surface area contributed by atoms with Gasteiger partial charge in [0, 0.05) is 37.2 Å². The average molecular weight is 638 g/mol. The van der Waals surface area contributed by atoms with E-state index in [1.165, 1.54) is 6.92 Å². The molecule has 13 atom stereocenters. The highest BCUT2D eigenvalue weighted by Gasteiger charge is 2.60. The summed E-state index contributed by atoms with van der Waals surface area (Å²) >= 11 is 0. The number of nitrogens with zero attached hydrogens (tertiary/aromatic N) is 3. The lowest BCUT2D eigenvalue weighted by Crippen LogP contribution is -2.60. The standard InChI is InChI=1S/C33H55N3O9/c1-12-23-33(8)27-19(4)24(34-13-14-36(27)31(40)45-33)17(2)16-32(7,41-11)28(20(5)25(37)21(6)29(39)43-23)44-30-26(38)22(35(9)10)15-18(3)42-30/h17-23,26-28,30,38H,12-16H2,1-11H3/t17-,18-,19+,20+,21-,22+,23+,26-,27-,28+,30+,32-,33-/m1/s1. The highest BCUT2D eigenvalue weighted by Crippen LogP contribution is 2.44. The zero-order valence-corrected chi connectivity index (χ0v) is 28.9. The summed E-state index contributed by atoms with van der Waals surface area (Å²) in [6.07, 6.45) is -2.91. The lowest BCUT2D eigenvalue weighted by atomic mass is 9.73. The number of carbonyl (C=O) groups is 3. The Morgan fingerprint density at radius 1 is 1.09 bits per heavy atom. The number of hydrogen-bond donors (Lipinski definition) is 1. The fraction of sp³-hybridized carbons (Fsp3) is 0.879. The van der Waals surface area contributed by atoms with Crippen molar-refractivity contribution in [2.24, 2.45) is 28.7 Å². The zero-order chi connectivity index (χ0) is 33.6. The van der Waals surface area contributed by atoms with Crippen LogP contribution in [0.5, 0.6) is 0 Å². The molecule has 4 aliphatic rings. The first-order valence-corrected chi connectivity index (χ1v) is 16.5. The van der Waals surface area contributed by atoms with Gasteiger partial charge < -0.3 is 33.7 Å². The molecule has 0 aromatic rings. The molecule has 4 rings (SSSR count). The van der Waals surface area contributed by atoms with E-state index in [0.717, 1.165) is 5.71 Å². The van der Waals surface area contributed by atoms with Gasteiger partial charge in [-0.05, 0) is 67.0 Å². The number of ether oxygens (including phenoxy) is 5. The van der Waals surface area contributed by atoms with Crippen LogP contribution in [0.4, 0.5) is 4.79 Å². The summed E-state index contributed by atoms with van der Waals surface area (Å²) in [6, 6.07) is -0.652. The number of Topliss-reactive ketones (excluding diaryl/α,β-unsaturated/α-hetero) is 1. The quantitative estimate of drug-likeness (QED) is 0.354. The number of carbonyl (C=O) groups excluding carboxylic acids is 3. The molecule has 4 aliphatic heterocycles. The highest BCUT2D eigenvalue weighted by atomic mass is 16.7. The van der Waals surface area contributed by atoms with Crippen molar-refractivity contribution in [2.75, 3.05) is 34.3 Å². The Bertz CT molecular complexity index is 1150. The van der Waals surface area contributed by atoms with Crippen molar-refractivity contribution in [3.05, 3.63) is 0 Å². The van der Waals surface area contributed by atoms with Crippen LogP contribution < -0.4 is 0 Å². The molecular formula is C33H55N3O9. The fourth-order valence-electron chi connectivity index (χ4n) is 8.31. The molecule has 12 heteroatoms. The van der Waals surface area contributed by atoms with Crippen LogP contribution in [-0.4, -0.2) is 127 Å². The third-order valence-corrected chi connectivity index (χ3v) is 10.8. The number of aliphatic imine (C=N–C) groups is 1. The lowest BCUT2D eigenvalue weighted by molar-refractivity contribution is -0.295. The number of ketones is 1. The van der Waals surface area contributed by atoms with E-state index in [4.69, 9.17) is 28.7 Å². The van der Waals surface area contributed by atoms with E-state index in [2.05, 4.69) is 6.92 Å². The van der Waals surface area contributed by atoms with Gasteiger partial charge in [-0.2, -0.15) is 0 Å². The molecule has 3 saturated heterocycles. The van der Waals surface area contributed by atoms with Gasteiger partial charge >= 0.3 is 12.1 Å². The van der Waals surface area contributed by atoms with E-state index >= 15 is 0 Å². The topological polar surface area (TPSA) is 136 Å². The maximum atomic E-state index is 14.1. The first-order chi connectivity index (χ1) is 21.0. The molecule has 4 heterocycles. The molecule has 1 N–H and O–H groups in total. The molecule has 0 aromatic heterocycles. The van der Waals surface area contributed by atoms with Crippen LogP contribution in [0, 0.1) is 23.7 Å². The van der Waals surface area contributed by atoms with Gasteiger partial charge in [0.25, 0.3) is 0 Å². The molecule has 2 bridgehead atoms. The van der Waals surface area contributed by atoms with Crippen molar-refractivity contribution in [1.82, 2.24) is 9.80 Å². The van der Waals surface area contributed by atoms with E-state index < -0.39 is 65.7 Å². The summed E-state index contributed by atoms with van der Waals surface area (Å²) in [5.74, 6) is -3.41. The number of fused-ring (bicyclic) bond motifs is 1. The number of rotatable bonds is 5. The summed E-state index contributed by atoms with van der Waals surface area (Å²) in [5, 5.41) is 11.4. The van der Waals surface area contributed by atoms with E-state index in [-0.39, 0.29) is 29.8 Å². The number of methoxy groups -OCH3 is 1. The summed E-state index contributed by atoms with van der Waals surface area (Å²) in [6.45, 7) is 15.7. The van der Waals surface area contributed by atoms with Crippen LogP contribution >= 0.6 is 0 Å². The van der Waals surface area contributed by atoms with Crippen LogP contribution in [0.2, 0.25) is 0 Å². The van der Waals surface area contributed by atoms with Crippen molar-refractivity contribution < 1.29 is 43.2 Å². The Morgan fingerprint density at radius 2 is 1.76 bits per heavy atom. The third kappa shape index (κ3) is 6.54. The molecule has 1 amide bonds. The summed E-state index contributed by atoms with van der Waals surface area (Å²) in [5.41, 5.74) is -1.31. The minimum atomic E-state index is -1.14. The predicted molar refractivity (Wildman–Crippen MR) is 167 cm³/mol. The van der Waals surface area contributed by atoms with Crippen molar-refractivity contribution in [2.45, 2.75) is 129 Å². The van der Waals surface area contributed by atoms with Gasteiger partial charge in [-0.25, -0.2) is 4.79 Å². The molecule has 0 radical (unpaired) electrons. The SMILES string of the molecule is CC[C@@H]1OC(=O)[C@H](C)C(=O)[C@H](C)[C@H](O[C@@H]2O[C@H](C)C[C@H](N(C)C)[C@H]2O)[C@](C)(OC)C[C@@H](C)C2=NCCN3C(=O)O[C@@]1(C)[C@H]3[C@H]2C. The van der Waals surface area contributed by atoms with Gasteiger partial charge in [0.1, 0.15) is 18.1 Å². The molecule has 45 heavy (non-hydrogen) atoms. The Balaban J connectivity index is 1.80. The lowest BCUT2D eigenvalue weighted by Gasteiger charge is -2.47. The van der Waals surface area contributed by atoms with Crippen LogP contribution in [0.15, 0.2) is 4.99 Å². The molecule has 256 valence electrons. The Labute approximate surface area is 268 Å². The summed E-state index contributed by atoms with van der Waals surface area (Å²) in [7, 11) is 5.38. The molecular weight excluding hydrogens is 582 g/mol. The fourth-order valence-corrected chi connectivity index (χ4v) is 8.31. The predicted octanol–water partition coefficient (Wildman–Crippen LogP) is 3.08. The molecule has 0 spiro atoms. The van der Waals surface area contributed by atoms with Crippen LogP contribution in [0.25, 0.3) is 0 Å². The minimum Gasteiger partial charge on any atom is -0.458 e. The number of esters is 1. The van der Waals surface area contributed by atoms with Crippen molar-refractivity contribution in [1.29, 1.82) is 0 Å². The number of aliphatic hydroxyl groups is 1. The largest absolute Gasteiger partial charge is 0.458 e. The Morgan fingerprint density at radius 3 is 2.36 bits per heavy atom. The monoisotopic (exact) mass is 637 g/mol. The normalized spacial score (nSPS) is 45.0. The molecule has 0 unspecified atom stereocenters. The first kappa shape index (κ1) is 35.7. The molecule has 3 fully saturated rings. The molecule has 0 aliphatic carbocycles. The molecule has 0 saturated carbocycles. The van der Waals surface area contributed by atoms with Gasteiger partial charge in [-0.3, -0.25) is 19.5 Å². The maximum Gasteiger partial charge on any atom is 0.410 e. The number of aliphatic hydroxyl groups excluding tert-OH is 1.